The topological polar surface area (TPSA) is 30.5 Å². The van der Waals surface area contributed by atoms with Gasteiger partial charge in [0, 0.05) is 27.2 Å². The summed E-state index contributed by atoms with van der Waals surface area (Å²) in [5, 5.41) is 5.31. The van der Waals surface area contributed by atoms with Gasteiger partial charge in [-0.15, -0.1) is 0 Å². The van der Waals surface area contributed by atoms with Crippen molar-refractivity contribution in [2.75, 3.05) is 13.1 Å². The van der Waals surface area contributed by atoms with Crippen molar-refractivity contribution < 1.29 is 9.47 Å². The van der Waals surface area contributed by atoms with Gasteiger partial charge in [0.05, 0.1) is 13.2 Å². The molecule has 0 bridgehead atoms. The van der Waals surface area contributed by atoms with E-state index in [-0.39, 0.29) is 12.7 Å². The number of benzene rings is 3. The molecule has 1 N–H and O–H groups in total. The fraction of sp³-hybridized carbons (Fsp3) is 0.280. The molecule has 4 rings (SSSR count). The molecular weight excluding hydrogens is 453 g/mol. The van der Waals surface area contributed by atoms with E-state index in [1.54, 1.807) is 0 Å². The van der Waals surface area contributed by atoms with Gasteiger partial charge in [-0.05, 0) is 48.4 Å². The number of halogens is 3. The number of piperidine rings is 1. The molecule has 1 aliphatic rings. The molecule has 3 aromatic carbocycles. The van der Waals surface area contributed by atoms with Crippen LogP contribution in [0.25, 0.3) is 0 Å². The summed E-state index contributed by atoms with van der Waals surface area (Å²) in [6.07, 6.45) is 0.541. The van der Waals surface area contributed by atoms with Crippen LogP contribution in [-0.4, -0.2) is 19.2 Å². The van der Waals surface area contributed by atoms with Crippen molar-refractivity contribution in [3.8, 4) is 0 Å². The summed E-state index contributed by atoms with van der Waals surface area (Å²) in [6, 6.07) is 23.4. The first-order valence-electron chi connectivity index (χ1n) is 10.3. The molecule has 0 unspecified atom stereocenters. The largest absolute Gasteiger partial charge is 0.369 e. The maximum atomic E-state index is 6.67. The second-order valence-electron chi connectivity index (χ2n) is 7.62. The third kappa shape index (κ3) is 5.25. The SMILES string of the molecule is Clc1ccc([C@@]2(OCc3c(Cl)cccc3Cl)CCNC[C@@H]2OCc2ccccc2)cc1. The highest BCUT2D eigenvalue weighted by Crippen LogP contribution is 2.39. The number of hydrogen-bond donors (Lipinski definition) is 1. The molecular formula is C25H24Cl3NO2. The molecule has 1 heterocycles. The molecule has 0 radical (unpaired) electrons. The van der Waals surface area contributed by atoms with Gasteiger partial charge in [-0.25, -0.2) is 0 Å². The maximum absolute atomic E-state index is 6.67. The Kier molecular flexibility index (Phi) is 7.55. The van der Waals surface area contributed by atoms with Crippen LogP contribution in [0, 0.1) is 0 Å². The zero-order valence-corrected chi connectivity index (χ0v) is 19.3. The molecule has 0 aliphatic carbocycles. The van der Waals surface area contributed by atoms with Crippen molar-refractivity contribution in [2.24, 2.45) is 0 Å². The van der Waals surface area contributed by atoms with Crippen LogP contribution in [0.3, 0.4) is 0 Å². The number of hydrogen-bond acceptors (Lipinski definition) is 3. The average molecular weight is 477 g/mol. The third-order valence-corrected chi connectivity index (χ3v) is 6.65. The lowest BCUT2D eigenvalue weighted by molar-refractivity contribution is -0.176. The zero-order chi connectivity index (χ0) is 21.7. The molecule has 1 fully saturated rings. The fourth-order valence-electron chi connectivity index (χ4n) is 3.98. The van der Waals surface area contributed by atoms with Gasteiger partial charge in [0.15, 0.2) is 0 Å². The molecule has 6 heteroatoms. The van der Waals surface area contributed by atoms with Crippen LogP contribution in [0.2, 0.25) is 15.1 Å². The van der Waals surface area contributed by atoms with E-state index >= 15 is 0 Å². The van der Waals surface area contributed by atoms with Crippen molar-refractivity contribution in [3.63, 3.8) is 0 Å². The van der Waals surface area contributed by atoms with E-state index < -0.39 is 5.60 Å². The Bertz CT molecular complexity index is 977. The molecule has 2 atom stereocenters. The lowest BCUT2D eigenvalue weighted by atomic mass is 9.82. The molecule has 1 aliphatic heterocycles. The predicted octanol–water partition coefficient (Wildman–Crippen LogP) is 6.64. The molecule has 0 aromatic heterocycles. The second-order valence-corrected chi connectivity index (χ2v) is 8.88. The van der Waals surface area contributed by atoms with E-state index in [0.29, 0.717) is 28.2 Å². The first kappa shape index (κ1) is 22.6. The van der Waals surface area contributed by atoms with E-state index in [9.17, 15) is 0 Å². The number of nitrogens with one attached hydrogen (secondary N) is 1. The Morgan fingerprint density at radius 3 is 2.26 bits per heavy atom. The van der Waals surface area contributed by atoms with Gasteiger partial charge in [0.1, 0.15) is 11.7 Å². The van der Waals surface area contributed by atoms with Gasteiger partial charge in [-0.3, -0.25) is 0 Å². The van der Waals surface area contributed by atoms with Crippen molar-refractivity contribution in [1.82, 2.24) is 5.32 Å². The van der Waals surface area contributed by atoms with E-state index in [4.69, 9.17) is 44.3 Å². The Labute approximate surface area is 198 Å². The Hall–Kier alpha value is -1.59. The van der Waals surface area contributed by atoms with Crippen molar-refractivity contribution in [3.05, 3.63) is 105 Å². The van der Waals surface area contributed by atoms with E-state index in [1.165, 1.54) is 0 Å². The lowest BCUT2D eigenvalue weighted by Gasteiger charge is -2.44. The highest BCUT2D eigenvalue weighted by molar-refractivity contribution is 6.35. The van der Waals surface area contributed by atoms with E-state index in [2.05, 4.69) is 17.4 Å². The molecule has 31 heavy (non-hydrogen) atoms. The minimum Gasteiger partial charge on any atom is -0.369 e. The summed E-state index contributed by atoms with van der Waals surface area (Å²) in [4.78, 5) is 0. The van der Waals surface area contributed by atoms with Crippen LogP contribution in [-0.2, 0) is 28.3 Å². The first-order valence-corrected chi connectivity index (χ1v) is 11.4. The fourth-order valence-corrected chi connectivity index (χ4v) is 4.61. The van der Waals surface area contributed by atoms with Crippen molar-refractivity contribution in [1.29, 1.82) is 0 Å². The summed E-state index contributed by atoms with van der Waals surface area (Å²) >= 11 is 19.0. The Morgan fingerprint density at radius 1 is 0.839 bits per heavy atom. The maximum Gasteiger partial charge on any atom is 0.122 e. The van der Waals surface area contributed by atoms with Crippen LogP contribution in [0.1, 0.15) is 23.1 Å². The number of ether oxygens (including phenoxy) is 2. The smallest absolute Gasteiger partial charge is 0.122 e. The van der Waals surface area contributed by atoms with Gasteiger partial charge in [0.2, 0.25) is 0 Å². The van der Waals surface area contributed by atoms with Crippen molar-refractivity contribution in [2.45, 2.75) is 31.3 Å². The lowest BCUT2D eigenvalue weighted by Crippen LogP contribution is -2.54. The van der Waals surface area contributed by atoms with Crippen LogP contribution in [0.5, 0.6) is 0 Å². The summed E-state index contributed by atoms with van der Waals surface area (Å²) in [7, 11) is 0. The average Bonchev–Trinajstić information content (AvgIpc) is 2.79. The Morgan fingerprint density at radius 2 is 1.55 bits per heavy atom. The molecule has 162 valence electrons. The van der Waals surface area contributed by atoms with Crippen LogP contribution in [0.15, 0.2) is 72.8 Å². The molecule has 3 aromatic rings. The molecule has 0 saturated carbocycles. The van der Waals surface area contributed by atoms with Gasteiger partial charge < -0.3 is 14.8 Å². The minimum atomic E-state index is -0.660. The third-order valence-electron chi connectivity index (χ3n) is 5.69. The van der Waals surface area contributed by atoms with Gasteiger partial charge in [-0.2, -0.15) is 0 Å². The van der Waals surface area contributed by atoms with Gasteiger partial charge >= 0.3 is 0 Å². The van der Waals surface area contributed by atoms with Crippen LogP contribution in [0.4, 0.5) is 0 Å². The van der Waals surface area contributed by atoms with E-state index in [1.807, 2.05) is 60.7 Å². The predicted molar refractivity (Wildman–Crippen MR) is 127 cm³/mol. The first-order chi connectivity index (χ1) is 15.1. The summed E-state index contributed by atoms with van der Waals surface area (Å²) in [5.74, 6) is 0. The summed E-state index contributed by atoms with van der Waals surface area (Å²) in [6.45, 7) is 2.26. The molecule has 3 nitrogen and oxygen atoms in total. The van der Waals surface area contributed by atoms with Gasteiger partial charge in [0.25, 0.3) is 0 Å². The van der Waals surface area contributed by atoms with Crippen LogP contribution >= 0.6 is 34.8 Å². The standard InChI is InChI=1S/C25H24Cl3NO2/c26-20-11-9-19(10-12-20)25(31-17-21-22(27)7-4-8-23(21)28)13-14-29-15-24(25)30-16-18-5-2-1-3-6-18/h1-12,24,29H,13-17H2/t24-,25-/m0/s1. The highest BCUT2D eigenvalue weighted by atomic mass is 35.5. The quantitative estimate of drug-likeness (QED) is 0.415. The van der Waals surface area contributed by atoms with Crippen molar-refractivity contribution >= 4 is 34.8 Å². The molecule has 0 spiro atoms. The monoisotopic (exact) mass is 475 g/mol. The minimum absolute atomic E-state index is 0.205. The number of rotatable bonds is 7. The highest BCUT2D eigenvalue weighted by Gasteiger charge is 2.44. The summed E-state index contributed by atoms with van der Waals surface area (Å²) in [5.41, 5.74) is 2.26. The van der Waals surface area contributed by atoms with Gasteiger partial charge in [-0.1, -0.05) is 83.3 Å². The normalized spacial score (nSPS) is 21.2. The second kappa shape index (κ2) is 10.4. The Balaban J connectivity index is 1.65. The molecule has 1 saturated heterocycles. The zero-order valence-electron chi connectivity index (χ0n) is 17.0. The molecule has 0 amide bonds. The van der Waals surface area contributed by atoms with Crippen LogP contribution < -0.4 is 5.32 Å². The summed E-state index contributed by atoms with van der Waals surface area (Å²) < 4.78 is 13.1. The van der Waals surface area contributed by atoms with E-state index in [0.717, 1.165) is 29.7 Å².